The highest BCUT2D eigenvalue weighted by Crippen LogP contribution is 2.34. The number of carbonyl (C=O) groups excluding carboxylic acids is 1. The van der Waals surface area contributed by atoms with Crippen LogP contribution < -0.4 is 10.6 Å². The van der Waals surface area contributed by atoms with E-state index in [0.29, 0.717) is 10.7 Å². The molecule has 0 fully saturated rings. The Morgan fingerprint density at radius 3 is 2.59 bits per heavy atom. The van der Waals surface area contributed by atoms with Crippen molar-refractivity contribution < 1.29 is 18.0 Å². The lowest BCUT2D eigenvalue weighted by Crippen LogP contribution is -2.37. The number of aryl methyl sites for hydroxylation is 1. The van der Waals surface area contributed by atoms with Crippen LogP contribution in [0.5, 0.6) is 0 Å². The van der Waals surface area contributed by atoms with Crippen molar-refractivity contribution in [3.05, 3.63) is 81.6 Å². The molecule has 2 amide bonds. The first kappa shape index (κ1) is 24.1. The van der Waals surface area contributed by atoms with Crippen molar-refractivity contribution in [1.29, 1.82) is 0 Å². The van der Waals surface area contributed by atoms with Gasteiger partial charge in [0.15, 0.2) is 5.69 Å². The SMILES string of the molecule is CC(C)(C)c1ccc2c(c1)CC[C@H]2NC(=O)NCc1cc(C(F)(F)F)nn1-c1cccc(Cl)c1. The first-order valence-electron chi connectivity index (χ1n) is 11.0. The maximum Gasteiger partial charge on any atom is 0.435 e. The predicted octanol–water partition coefficient (Wildman–Crippen LogP) is 6.33. The summed E-state index contributed by atoms with van der Waals surface area (Å²) in [5.41, 5.74) is 3.10. The van der Waals surface area contributed by atoms with Crippen LogP contribution in [-0.2, 0) is 24.6 Å². The van der Waals surface area contributed by atoms with Gasteiger partial charge in [-0.25, -0.2) is 9.48 Å². The molecule has 0 radical (unpaired) electrons. The third-order valence-corrected chi connectivity index (χ3v) is 6.18. The number of hydrogen-bond donors (Lipinski definition) is 2. The van der Waals surface area contributed by atoms with E-state index in [1.54, 1.807) is 18.2 Å². The molecule has 0 unspecified atom stereocenters. The van der Waals surface area contributed by atoms with E-state index in [9.17, 15) is 18.0 Å². The maximum absolute atomic E-state index is 13.3. The maximum atomic E-state index is 13.3. The normalized spacial score (nSPS) is 15.8. The van der Waals surface area contributed by atoms with Gasteiger partial charge in [0.2, 0.25) is 0 Å². The molecule has 0 saturated heterocycles. The zero-order valence-electron chi connectivity index (χ0n) is 19.1. The number of nitrogens with zero attached hydrogens (tertiary/aromatic N) is 2. The van der Waals surface area contributed by atoms with Crippen molar-refractivity contribution >= 4 is 17.6 Å². The van der Waals surface area contributed by atoms with Gasteiger partial charge in [0, 0.05) is 5.02 Å². The lowest BCUT2D eigenvalue weighted by atomic mass is 9.85. The van der Waals surface area contributed by atoms with Crippen molar-refractivity contribution in [1.82, 2.24) is 20.4 Å². The quantitative estimate of drug-likeness (QED) is 0.449. The third kappa shape index (κ3) is 5.22. The van der Waals surface area contributed by atoms with Gasteiger partial charge in [-0.15, -0.1) is 0 Å². The standard InChI is InChI=1S/C25H26ClF3N4O/c1-24(2,3)16-8-9-20-15(11-16)7-10-21(20)31-23(34)30-14-19-13-22(25(27,28)29)32-33(19)18-6-4-5-17(26)12-18/h4-6,8-9,11-13,21H,7,10,14H2,1-3H3,(H2,30,31,34)/t21-/m1/s1. The van der Waals surface area contributed by atoms with Crippen molar-refractivity contribution in [2.45, 2.75) is 57.8 Å². The van der Waals surface area contributed by atoms with Crippen LogP contribution in [0.2, 0.25) is 5.02 Å². The Balaban J connectivity index is 1.47. The Labute approximate surface area is 201 Å². The Morgan fingerprint density at radius 1 is 1.15 bits per heavy atom. The fourth-order valence-electron chi connectivity index (χ4n) is 4.13. The summed E-state index contributed by atoms with van der Waals surface area (Å²) in [6, 6.07) is 13.0. The summed E-state index contributed by atoms with van der Waals surface area (Å²) >= 11 is 6.00. The number of carbonyl (C=O) groups is 1. The monoisotopic (exact) mass is 490 g/mol. The van der Waals surface area contributed by atoms with Crippen molar-refractivity contribution in [2.75, 3.05) is 0 Å². The van der Waals surface area contributed by atoms with E-state index in [4.69, 9.17) is 11.6 Å². The van der Waals surface area contributed by atoms with Gasteiger partial charge in [-0.2, -0.15) is 18.3 Å². The van der Waals surface area contributed by atoms with Gasteiger partial charge in [-0.05, 0) is 59.2 Å². The third-order valence-electron chi connectivity index (χ3n) is 5.95. The second-order valence-corrected chi connectivity index (χ2v) is 9.93. The molecule has 1 atom stereocenters. The second-order valence-electron chi connectivity index (χ2n) is 9.49. The molecule has 2 N–H and O–H groups in total. The summed E-state index contributed by atoms with van der Waals surface area (Å²) < 4.78 is 41.0. The number of hydrogen-bond acceptors (Lipinski definition) is 2. The minimum Gasteiger partial charge on any atom is -0.332 e. The molecule has 1 aliphatic rings. The van der Waals surface area contributed by atoms with Gasteiger partial charge in [-0.1, -0.05) is 56.6 Å². The average molecular weight is 491 g/mol. The van der Waals surface area contributed by atoms with E-state index in [-0.39, 0.29) is 23.7 Å². The number of urea groups is 1. The van der Waals surface area contributed by atoms with Crippen LogP contribution in [-0.4, -0.2) is 15.8 Å². The molecular weight excluding hydrogens is 465 g/mol. The molecule has 9 heteroatoms. The molecule has 34 heavy (non-hydrogen) atoms. The summed E-state index contributed by atoms with van der Waals surface area (Å²) in [5.74, 6) is 0. The highest BCUT2D eigenvalue weighted by Gasteiger charge is 2.35. The number of amides is 2. The van der Waals surface area contributed by atoms with Crippen LogP contribution in [0, 0.1) is 0 Å². The summed E-state index contributed by atoms with van der Waals surface area (Å²) in [6.45, 7) is 6.34. The summed E-state index contributed by atoms with van der Waals surface area (Å²) in [5, 5.41) is 9.68. The van der Waals surface area contributed by atoms with Crippen molar-refractivity contribution in [3.63, 3.8) is 0 Å². The zero-order valence-corrected chi connectivity index (χ0v) is 19.9. The molecule has 0 spiro atoms. The smallest absolute Gasteiger partial charge is 0.332 e. The first-order chi connectivity index (χ1) is 15.9. The Hall–Kier alpha value is -3.00. The largest absolute Gasteiger partial charge is 0.435 e. The number of fused-ring (bicyclic) bond motifs is 1. The van der Waals surface area contributed by atoms with Gasteiger partial charge in [0.25, 0.3) is 0 Å². The molecule has 5 nitrogen and oxygen atoms in total. The van der Waals surface area contributed by atoms with Crippen LogP contribution in [0.15, 0.2) is 48.5 Å². The molecule has 0 saturated carbocycles. The second kappa shape index (κ2) is 8.98. The Bertz CT molecular complexity index is 1210. The van der Waals surface area contributed by atoms with Crippen LogP contribution >= 0.6 is 11.6 Å². The number of benzene rings is 2. The van der Waals surface area contributed by atoms with E-state index < -0.39 is 17.9 Å². The first-order valence-corrected chi connectivity index (χ1v) is 11.4. The van der Waals surface area contributed by atoms with E-state index in [1.165, 1.54) is 17.2 Å². The molecular formula is C25H26ClF3N4O. The highest BCUT2D eigenvalue weighted by molar-refractivity contribution is 6.30. The molecule has 3 aromatic rings. The zero-order chi connectivity index (χ0) is 24.7. The van der Waals surface area contributed by atoms with Gasteiger partial charge in [0.1, 0.15) is 0 Å². The van der Waals surface area contributed by atoms with E-state index in [2.05, 4.69) is 54.7 Å². The Kier molecular flexibility index (Phi) is 6.38. The predicted molar refractivity (Wildman–Crippen MR) is 125 cm³/mol. The van der Waals surface area contributed by atoms with Crippen LogP contribution in [0.3, 0.4) is 0 Å². The summed E-state index contributed by atoms with van der Waals surface area (Å²) in [7, 11) is 0. The van der Waals surface area contributed by atoms with Gasteiger partial charge in [0.05, 0.1) is 24.0 Å². The van der Waals surface area contributed by atoms with Gasteiger partial charge >= 0.3 is 12.2 Å². The number of halogens is 4. The number of alkyl halides is 3. The molecule has 1 aliphatic carbocycles. The molecule has 1 aromatic heterocycles. The molecule has 4 rings (SSSR count). The molecule has 2 aromatic carbocycles. The van der Waals surface area contributed by atoms with Crippen LogP contribution in [0.25, 0.3) is 5.69 Å². The Morgan fingerprint density at radius 2 is 1.91 bits per heavy atom. The van der Waals surface area contributed by atoms with Crippen molar-refractivity contribution in [2.24, 2.45) is 0 Å². The molecule has 180 valence electrons. The van der Waals surface area contributed by atoms with Gasteiger partial charge < -0.3 is 10.6 Å². The molecule has 0 bridgehead atoms. The van der Waals surface area contributed by atoms with Gasteiger partial charge in [-0.3, -0.25) is 0 Å². The minimum atomic E-state index is -4.61. The average Bonchev–Trinajstić information content (AvgIpc) is 3.36. The van der Waals surface area contributed by atoms with E-state index >= 15 is 0 Å². The number of rotatable bonds is 4. The molecule has 0 aliphatic heterocycles. The number of nitrogens with one attached hydrogen (secondary N) is 2. The lowest BCUT2D eigenvalue weighted by Gasteiger charge is -2.21. The van der Waals surface area contributed by atoms with E-state index in [0.717, 1.165) is 29.2 Å². The lowest BCUT2D eigenvalue weighted by molar-refractivity contribution is -0.141. The number of aromatic nitrogens is 2. The van der Waals surface area contributed by atoms with Crippen molar-refractivity contribution in [3.8, 4) is 5.69 Å². The summed E-state index contributed by atoms with van der Waals surface area (Å²) in [4.78, 5) is 12.6. The molecule has 1 heterocycles. The van der Waals surface area contributed by atoms with E-state index in [1.807, 2.05) is 0 Å². The minimum absolute atomic E-state index is 0.0408. The fraction of sp³-hybridized carbons (Fsp3) is 0.360. The van der Waals surface area contributed by atoms with Crippen LogP contribution in [0.1, 0.15) is 61.3 Å². The van der Waals surface area contributed by atoms with Crippen LogP contribution in [0.4, 0.5) is 18.0 Å². The topological polar surface area (TPSA) is 59.0 Å². The highest BCUT2D eigenvalue weighted by atomic mass is 35.5. The fourth-order valence-corrected chi connectivity index (χ4v) is 4.31. The summed E-state index contributed by atoms with van der Waals surface area (Å²) in [6.07, 6.45) is -2.98.